The second kappa shape index (κ2) is 7.69. The summed E-state index contributed by atoms with van der Waals surface area (Å²) in [5, 5.41) is 12.7. The van der Waals surface area contributed by atoms with Gasteiger partial charge in [0, 0.05) is 61.8 Å². The quantitative estimate of drug-likeness (QED) is 0.378. The third-order valence-corrected chi connectivity index (χ3v) is 5.25. The molecule has 7 nitrogen and oxygen atoms in total. The van der Waals surface area contributed by atoms with E-state index in [9.17, 15) is 10.1 Å². The molecule has 0 saturated carbocycles. The van der Waals surface area contributed by atoms with E-state index in [1.165, 1.54) is 6.07 Å². The Hall–Kier alpha value is -2.77. The molecule has 2 aromatic heterocycles. The number of hydrogen-bond donors (Lipinski definition) is 0. The maximum atomic E-state index is 11.4. The molecular formula is C20H20ClN5O2. The molecule has 3 aromatic rings. The maximum absolute atomic E-state index is 11.4. The van der Waals surface area contributed by atoms with Gasteiger partial charge in [-0.3, -0.25) is 15.0 Å². The van der Waals surface area contributed by atoms with Crippen molar-refractivity contribution in [2.24, 2.45) is 0 Å². The fraction of sp³-hybridized carbons (Fsp3) is 0.300. The lowest BCUT2D eigenvalue weighted by atomic mass is 10.1. The van der Waals surface area contributed by atoms with Gasteiger partial charge in [0.25, 0.3) is 5.69 Å². The molecule has 144 valence electrons. The van der Waals surface area contributed by atoms with Crippen LogP contribution < -0.4 is 4.90 Å². The van der Waals surface area contributed by atoms with Crippen molar-refractivity contribution in [1.29, 1.82) is 0 Å². The van der Waals surface area contributed by atoms with Gasteiger partial charge >= 0.3 is 0 Å². The van der Waals surface area contributed by atoms with Gasteiger partial charge in [0.1, 0.15) is 5.15 Å². The highest BCUT2D eigenvalue weighted by Crippen LogP contribution is 2.32. The van der Waals surface area contributed by atoms with E-state index in [0.29, 0.717) is 10.7 Å². The van der Waals surface area contributed by atoms with Crippen molar-refractivity contribution in [2.45, 2.75) is 13.5 Å². The van der Waals surface area contributed by atoms with E-state index in [1.807, 2.05) is 37.4 Å². The fourth-order valence-electron chi connectivity index (χ4n) is 3.65. The molecule has 1 fully saturated rings. The number of piperazine rings is 1. The topological polar surface area (TPSA) is 75.4 Å². The Morgan fingerprint density at radius 2 is 1.96 bits per heavy atom. The highest BCUT2D eigenvalue weighted by atomic mass is 35.5. The van der Waals surface area contributed by atoms with Gasteiger partial charge in [0.2, 0.25) is 0 Å². The van der Waals surface area contributed by atoms with Gasteiger partial charge in [0.15, 0.2) is 5.52 Å². The van der Waals surface area contributed by atoms with Crippen molar-refractivity contribution in [3.05, 3.63) is 69.1 Å². The lowest BCUT2D eigenvalue weighted by Gasteiger charge is -2.36. The second-order valence-corrected chi connectivity index (χ2v) is 7.35. The molecule has 1 saturated heterocycles. The van der Waals surface area contributed by atoms with E-state index in [1.54, 1.807) is 6.07 Å². The van der Waals surface area contributed by atoms with Crippen LogP contribution in [0.25, 0.3) is 10.9 Å². The molecule has 28 heavy (non-hydrogen) atoms. The Labute approximate surface area is 167 Å². The summed E-state index contributed by atoms with van der Waals surface area (Å²) in [5.74, 6) is 0. The van der Waals surface area contributed by atoms with Crippen LogP contribution in [-0.2, 0) is 6.54 Å². The minimum Gasteiger partial charge on any atom is -0.368 e. The summed E-state index contributed by atoms with van der Waals surface area (Å²) in [4.78, 5) is 24.3. The van der Waals surface area contributed by atoms with Crippen LogP contribution in [0.2, 0.25) is 5.15 Å². The van der Waals surface area contributed by atoms with Crippen molar-refractivity contribution in [3.8, 4) is 0 Å². The third kappa shape index (κ3) is 3.76. The van der Waals surface area contributed by atoms with Crippen LogP contribution in [0.4, 0.5) is 11.4 Å². The van der Waals surface area contributed by atoms with E-state index in [0.717, 1.165) is 55.1 Å². The summed E-state index contributed by atoms with van der Waals surface area (Å²) in [5.41, 5.74) is 3.44. The molecule has 8 heteroatoms. The average molecular weight is 398 g/mol. The van der Waals surface area contributed by atoms with Gasteiger partial charge < -0.3 is 4.90 Å². The van der Waals surface area contributed by atoms with Crippen LogP contribution >= 0.6 is 11.6 Å². The van der Waals surface area contributed by atoms with Gasteiger partial charge in [0.05, 0.1) is 4.92 Å². The Bertz CT molecular complexity index is 1020. The minimum atomic E-state index is -0.364. The maximum Gasteiger partial charge on any atom is 0.295 e. The van der Waals surface area contributed by atoms with Crippen LogP contribution in [0.1, 0.15) is 11.3 Å². The summed E-state index contributed by atoms with van der Waals surface area (Å²) >= 11 is 5.85. The van der Waals surface area contributed by atoms with Gasteiger partial charge in [-0.2, -0.15) is 0 Å². The SMILES string of the molecule is Cc1cc(N2CCN(Cc3ccc(Cl)nc3)CC2)c2cccc([N+](=O)[O-])c2n1. The molecule has 0 bridgehead atoms. The Kier molecular flexibility index (Phi) is 5.11. The van der Waals surface area contributed by atoms with Crippen LogP contribution in [0, 0.1) is 17.0 Å². The molecule has 0 spiro atoms. The predicted molar refractivity (Wildman–Crippen MR) is 110 cm³/mol. The molecule has 1 aliphatic heterocycles. The second-order valence-electron chi connectivity index (χ2n) is 6.97. The first kappa shape index (κ1) is 18.6. The molecule has 0 unspecified atom stereocenters. The molecule has 1 aliphatic rings. The smallest absolute Gasteiger partial charge is 0.295 e. The molecular weight excluding hydrogens is 378 g/mol. The van der Waals surface area contributed by atoms with E-state index in [-0.39, 0.29) is 10.6 Å². The molecule has 0 aliphatic carbocycles. The van der Waals surface area contributed by atoms with Crippen LogP contribution in [0.5, 0.6) is 0 Å². The number of non-ortho nitro benzene ring substituents is 1. The van der Waals surface area contributed by atoms with Crippen LogP contribution in [0.15, 0.2) is 42.6 Å². The summed E-state index contributed by atoms with van der Waals surface area (Å²) in [6.45, 7) is 6.22. The number of anilines is 1. The normalized spacial score (nSPS) is 15.1. The van der Waals surface area contributed by atoms with E-state index in [2.05, 4.69) is 19.8 Å². The molecule has 0 radical (unpaired) electrons. The predicted octanol–water partition coefficient (Wildman–Crippen LogP) is 3.82. The van der Waals surface area contributed by atoms with Crippen molar-refractivity contribution in [1.82, 2.24) is 14.9 Å². The van der Waals surface area contributed by atoms with Gasteiger partial charge in [-0.15, -0.1) is 0 Å². The number of benzene rings is 1. The summed E-state index contributed by atoms with van der Waals surface area (Å²) in [6.07, 6.45) is 1.81. The third-order valence-electron chi connectivity index (χ3n) is 5.03. The zero-order valence-electron chi connectivity index (χ0n) is 15.5. The van der Waals surface area contributed by atoms with Crippen molar-refractivity contribution >= 4 is 33.9 Å². The van der Waals surface area contributed by atoms with Crippen LogP contribution in [-0.4, -0.2) is 46.0 Å². The standard InChI is InChI=1S/C20H20ClN5O2/c1-14-11-18(16-3-2-4-17(26(27)28)20(16)23-14)25-9-7-24(8-10-25)13-15-5-6-19(21)22-12-15/h2-6,11-12H,7-10,13H2,1H3. The fourth-order valence-corrected chi connectivity index (χ4v) is 3.77. The highest BCUT2D eigenvalue weighted by Gasteiger charge is 2.22. The number of rotatable bonds is 4. The summed E-state index contributed by atoms with van der Waals surface area (Å²) in [7, 11) is 0. The number of hydrogen-bond acceptors (Lipinski definition) is 6. The Morgan fingerprint density at radius 1 is 1.18 bits per heavy atom. The highest BCUT2D eigenvalue weighted by molar-refractivity contribution is 6.29. The van der Waals surface area contributed by atoms with Crippen LogP contribution in [0.3, 0.4) is 0 Å². The van der Waals surface area contributed by atoms with Gasteiger partial charge in [-0.25, -0.2) is 9.97 Å². The number of nitro benzene ring substituents is 1. The molecule has 0 atom stereocenters. The minimum absolute atomic E-state index is 0.0522. The number of nitrogens with zero attached hydrogens (tertiary/aromatic N) is 5. The van der Waals surface area contributed by atoms with E-state index >= 15 is 0 Å². The first-order valence-electron chi connectivity index (χ1n) is 9.14. The first-order chi connectivity index (χ1) is 13.5. The van der Waals surface area contributed by atoms with E-state index in [4.69, 9.17) is 11.6 Å². The summed E-state index contributed by atoms with van der Waals surface area (Å²) < 4.78 is 0. The number of halogens is 1. The number of para-hydroxylation sites is 1. The molecule has 0 amide bonds. The number of fused-ring (bicyclic) bond motifs is 1. The molecule has 3 heterocycles. The van der Waals surface area contributed by atoms with Gasteiger partial charge in [-0.1, -0.05) is 29.8 Å². The number of nitro groups is 1. The largest absolute Gasteiger partial charge is 0.368 e. The zero-order valence-corrected chi connectivity index (χ0v) is 16.3. The zero-order chi connectivity index (χ0) is 19.7. The lowest BCUT2D eigenvalue weighted by molar-refractivity contribution is -0.383. The monoisotopic (exact) mass is 397 g/mol. The van der Waals surface area contributed by atoms with Crippen molar-refractivity contribution in [2.75, 3.05) is 31.1 Å². The summed E-state index contributed by atoms with van der Waals surface area (Å²) in [6, 6.07) is 11.0. The van der Waals surface area contributed by atoms with Gasteiger partial charge in [-0.05, 0) is 24.6 Å². The van der Waals surface area contributed by atoms with E-state index < -0.39 is 0 Å². The molecule has 4 rings (SSSR count). The number of aryl methyl sites for hydroxylation is 1. The number of pyridine rings is 2. The Morgan fingerprint density at radius 3 is 2.64 bits per heavy atom. The molecule has 1 aromatic carbocycles. The lowest BCUT2D eigenvalue weighted by Crippen LogP contribution is -2.46. The first-order valence-corrected chi connectivity index (χ1v) is 9.51. The van der Waals surface area contributed by atoms with Crippen molar-refractivity contribution in [3.63, 3.8) is 0 Å². The van der Waals surface area contributed by atoms with Crippen molar-refractivity contribution < 1.29 is 4.92 Å². The number of aromatic nitrogens is 2. The average Bonchev–Trinajstić information content (AvgIpc) is 2.69. The molecule has 0 N–H and O–H groups in total. The Balaban J connectivity index is 1.54.